The predicted octanol–water partition coefficient (Wildman–Crippen LogP) is 0.145. The lowest BCUT2D eigenvalue weighted by Gasteiger charge is -2.34. The van der Waals surface area contributed by atoms with Gasteiger partial charge in [-0.15, -0.1) is 0 Å². The number of amides is 1. The molecule has 0 heterocycles. The molecule has 0 unspecified atom stereocenters. The van der Waals surface area contributed by atoms with Crippen molar-refractivity contribution in [3.05, 3.63) is 0 Å². The Hall–Kier alpha value is -0.220. The third-order valence-electron chi connectivity index (χ3n) is 2.30. The zero-order chi connectivity index (χ0) is 9.14. The molecule has 1 saturated carbocycles. The number of aliphatic hydroxyl groups is 1. The zero-order valence-electron chi connectivity index (χ0n) is 7.23. The van der Waals surface area contributed by atoms with E-state index in [1.54, 1.807) is 11.9 Å². The van der Waals surface area contributed by atoms with Crippen molar-refractivity contribution in [2.45, 2.75) is 18.9 Å². The third-order valence-corrected chi connectivity index (χ3v) is 2.57. The molecule has 1 aliphatic rings. The first-order valence-electron chi connectivity index (χ1n) is 4.16. The van der Waals surface area contributed by atoms with E-state index in [9.17, 15) is 4.79 Å². The van der Waals surface area contributed by atoms with Crippen molar-refractivity contribution >= 4 is 18.5 Å². The van der Waals surface area contributed by atoms with Gasteiger partial charge in [-0.05, 0) is 18.8 Å². The molecule has 0 bridgehead atoms. The van der Waals surface area contributed by atoms with E-state index in [2.05, 4.69) is 12.6 Å². The summed E-state index contributed by atoms with van der Waals surface area (Å²) in [5, 5.41) is 9.01. The molecular formula is C8H15NO2S. The van der Waals surface area contributed by atoms with E-state index in [4.69, 9.17) is 5.11 Å². The first kappa shape index (κ1) is 9.86. The highest BCUT2D eigenvalue weighted by Crippen LogP contribution is 2.27. The van der Waals surface area contributed by atoms with Crippen LogP contribution in [-0.2, 0) is 4.79 Å². The van der Waals surface area contributed by atoms with E-state index < -0.39 is 0 Å². The molecule has 4 heteroatoms. The van der Waals surface area contributed by atoms with Gasteiger partial charge < -0.3 is 10.0 Å². The molecule has 0 radical (unpaired) electrons. The van der Waals surface area contributed by atoms with Crippen LogP contribution in [-0.4, -0.2) is 41.4 Å². The lowest BCUT2D eigenvalue weighted by molar-refractivity contribution is -0.128. The van der Waals surface area contributed by atoms with Crippen LogP contribution >= 0.6 is 12.6 Å². The van der Waals surface area contributed by atoms with E-state index >= 15 is 0 Å². The summed E-state index contributed by atoms with van der Waals surface area (Å²) in [6, 6.07) is 0. The highest BCUT2D eigenvalue weighted by Gasteiger charge is 2.28. The van der Waals surface area contributed by atoms with Gasteiger partial charge in [0.15, 0.2) is 0 Å². The molecule has 0 atom stereocenters. The van der Waals surface area contributed by atoms with Gasteiger partial charge in [-0.2, -0.15) is 12.6 Å². The number of nitrogens with zero attached hydrogens (tertiary/aromatic N) is 1. The Morgan fingerprint density at radius 2 is 2.25 bits per heavy atom. The molecule has 0 aromatic carbocycles. The van der Waals surface area contributed by atoms with E-state index in [-0.39, 0.29) is 17.8 Å². The fourth-order valence-electron chi connectivity index (χ4n) is 1.46. The molecule has 1 aliphatic carbocycles. The lowest BCUT2D eigenvalue weighted by Crippen LogP contribution is -2.39. The minimum Gasteiger partial charge on any atom is -0.393 e. The number of hydrogen-bond donors (Lipinski definition) is 2. The van der Waals surface area contributed by atoms with Crippen LogP contribution in [0.25, 0.3) is 0 Å². The van der Waals surface area contributed by atoms with Crippen molar-refractivity contribution < 1.29 is 9.90 Å². The second-order valence-corrected chi connectivity index (χ2v) is 3.74. The van der Waals surface area contributed by atoms with E-state index in [1.165, 1.54) is 0 Å². The van der Waals surface area contributed by atoms with Crippen molar-refractivity contribution in [1.29, 1.82) is 0 Å². The number of carbonyl (C=O) groups excluding carboxylic acids is 1. The molecule has 1 rings (SSSR count). The second-order valence-electron chi connectivity index (χ2n) is 3.42. The van der Waals surface area contributed by atoms with Crippen LogP contribution in [0.4, 0.5) is 0 Å². The van der Waals surface area contributed by atoms with Gasteiger partial charge in [0.1, 0.15) is 0 Å². The Bertz CT molecular complexity index is 168. The van der Waals surface area contributed by atoms with Gasteiger partial charge in [-0.25, -0.2) is 0 Å². The summed E-state index contributed by atoms with van der Waals surface area (Å²) in [6.07, 6.45) is 1.54. The Balaban J connectivity index is 2.18. The minimum absolute atomic E-state index is 0.0553. The standard InChI is InChI=1S/C8H15NO2S/c1-9(8(11)5-12)4-6-2-7(10)3-6/h6-7,10,12H,2-5H2,1H3. The number of carbonyl (C=O) groups is 1. The van der Waals surface area contributed by atoms with Gasteiger partial charge in [-0.1, -0.05) is 0 Å². The highest BCUT2D eigenvalue weighted by atomic mass is 32.1. The number of aliphatic hydroxyl groups excluding tert-OH is 1. The minimum atomic E-state index is -0.130. The lowest BCUT2D eigenvalue weighted by atomic mass is 9.82. The second kappa shape index (κ2) is 4.14. The third kappa shape index (κ3) is 2.38. The first-order valence-corrected chi connectivity index (χ1v) is 4.79. The Kier molecular flexibility index (Phi) is 3.40. The molecule has 0 aliphatic heterocycles. The summed E-state index contributed by atoms with van der Waals surface area (Å²) in [5.74, 6) is 0.819. The van der Waals surface area contributed by atoms with Crippen molar-refractivity contribution in [1.82, 2.24) is 4.90 Å². The van der Waals surface area contributed by atoms with Crippen LogP contribution in [0.2, 0.25) is 0 Å². The van der Waals surface area contributed by atoms with E-state index in [0.717, 1.165) is 19.4 Å². The summed E-state index contributed by atoms with van der Waals surface area (Å²) in [5.41, 5.74) is 0. The number of hydrogen-bond acceptors (Lipinski definition) is 3. The quantitative estimate of drug-likeness (QED) is 0.620. The van der Waals surface area contributed by atoms with Crippen LogP contribution in [0.15, 0.2) is 0 Å². The summed E-state index contributed by atoms with van der Waals surface area (Å²) in [6.45, 7) is 0.760. The molecule has 3 nitrogen and oxygen atoms in total. The molecule has 1 fully saturated rings. The van der Waals surface area contributed by atoms with Crippen LogP contribution in [0.3, 0.4) is 0 Å². The monoisotopic (exact) mass is 189 g/mol. The maximum atomic E-state index is 11.1. The molecule has 0 saturated heterocycles. The van der Waals surface area contributed by atoms with E-state index in [0.29, 0.717) is 5.92 Å². The topological polar surface area (TPSA) is 40.5 Å². The van der Waals surface area contributed by atoms with Gasteiger partial charge in [0, 0.05) is 13.6 Å². The zero-order valence-corrected chi connectivity index (χ0v) is 8.13. The molecule has 0 aromatic rings. The molecule has 12 heavy (non-hydrogen) atoms. The van der Waals surface area contributed by atoms with Crippen LogP contribution in [0.5, 0.6) is 0 Å². The van der Waals surface area contributed by atoms with Crippen molar-refractivity contribution in [2.75, 3.05) is 19.3 Å². The molecule has 0 spiro atoms. The highest BCUT2D eigenvalue weighted by molar-refractivity contribution is 7.81. The molecule has 70 valence electrons. The summed E-state index contributed by atoms with van der Waals surface area (Å²) in [7, 11) is 1.78. The van der Waals surface area contributed by atoms with Crippen molar-refractivity contribution in [3.8, 4) is 0 Å². The van der Waals surface area contributed by atoms with Gasteiger partial charge in [0.25, 0.3) is 0 Å². The van der Waals surface area contributed by atoms with Gasteiger partial charge >= 0.3 is 0 Å². The van der Waals surface area contributed by atoms with Crippen LogP contribution in [0, 0.1) is 5.92 Å². The molecule has 1 amide bonds. The van der Waals surface area contributed by atoms with Crippen molar-refractivity contribution in [2.24, 2.45) is 5.92 Å². The molecule has 0 aromatic heterocycles. The summed E-state index contributed by atoms with van der Waals surface area (Å²) < 4.78 is 0. The molecule has 1 N–H and O–H groups in total. The van der Waals surface area contributed by atoms with Gasteiger partial charge in [0.2, 0.25) is 5.91 Å². The van der Waals surface area contributed by atoms with Crippen molar-refractivity contribution in [3.63, 3.8) is 0 Å². The van der Waals surface area contributed by atoms with Gasteiger partial charge in [-0.3, -0.25) is 4.79 Å². The van der Waals surface area contributed by atoms with Crippen LogP contribution in [0.1, 0.15) is 12.8 Å². The number of thiol groups is 1. The molecular weight excluding hydrogens is 174 g/mol. The average Bonchev–Trinajstić information content (AvgIpc) is 2.00. The maximum Gasteiger partial charge on any atom is 0.232 e. The summed E-state index contributed by atoms with van der Waals surface area (Å²) in [4.78, 5) is 12.7. The fraction of sp³-hybridized carbons (Fsp3) is 0.875. The SMILES string of the molecule is CN(CC1CC(O)C1)C(=O)CS. The maximum absolute atomic E-state index is 11.1. The van der Waals surface area contributed by atoms with Crippen LogP contribution < -0.4 is 0 Å². The fourth-order valence-corrected chi connectivity index (χ4v) is 1.70. The summed E-state index contributed by atoms with van der Waals surface area (Å²) >= 11 is 3.90. The Morgan fingerprint density at radius 1 is 1.67 bits per heavy atom. The average molecular weight is 189 g/mol. The smallest absolute Gasteiger partial charge is 0.232 e. The predicted molar refractivity (Wildman–Crippen MR) is 50.2 cm³/mol. The van der Waals surface area contributed by atoms with E-state index in [1.807, 2.05) is 0 Å². The first-order chi connectivity index (χ1) is 5.63. The Morgan fingerprint density at radius 3 is 2.67 bits per heavy atom. The Labute approximate surface area is 78.2 Å². The number of rotatable bonds is 3. The normalized spacial score (nSPS) is 27.9. The van der Waals surface area contributed by atoms with Gasteiger partial charge in [0.05, 0.1) is 11.9 Å². The largest absolute Gasteiger partial charge is 0.393 e.